The molecule has 1 aliphatic carbocycles. The smallest absolute Gasteiger partial charge is 0.264 e. The summed E-state index contributed by atoms with van der Waals surface area (Å²) in [7, 11) is -4.67. The maximum absolute atomic E-state index is 8.74. The van der Waals surface area contributed by atoms with E-state index in [0.29, 0.717) is 0 Å². The molecule has 2 aromatic rings. The molecule has 0 atom stereocenters. The molecule has 0 aliphatic heterocycles. The number of fused-ring (bicyclic) bond motifs is 3. The van der Waals surface area contributed by atoms with Gasteiger partial charge in [-0.2, -0.15) is 8.42 Å². The quantitative estimate of drug-likeness (QED) is 0.606. The van der Waals surface area contributed by atoms with E-state index in [1.807, 2.05) is 0 Å². The van der Waals surface area contributed by atoms with E-state index in [9.17, 15) is 0 Å². The van der Waals surface area contributed by atoms with E-state index in [1.165, 1.54) is 21.9 Å². The molecule has 4 nitrogen and oxygen atoms in total. The van der Waals surface area contributed by atoms with Gasteiger partial charge in [-0.1, -0.05) is 49.0 Å². The zero-order valence-electron chi connectivity index (χ0n) is 9.95. The summed E-state index contributed by atoms with van der Waals surface area (Å²) in [6.45, 7) is 4.04. The van der Waals surface area contributed by atoms with Gasteiger partial charge in [0.25, 0.3) is 0 Å². The molecule has 3 rings (SSSR count). The summed E-state index contributed by atoms with van der Waals surface area (Å²) in [4.78, 5) is 0. The van der Waals surface area contributed by atoms with E-state index in [-0.39, 0.29) is 0 Å². The van der Waals surface area contributed by atoms with Crippen molar-refractivity contribution < 1.29 is 17.5 Å². The summed E-state index contributed by atoms with van der Waals surface area (Å²) in [5, 5.41) is 2.38. The molecule has 0 bridgehead atoms. The molecule has 0 heterocycles. The molecule has 5 heteroatoms. The summed E-state index contributed by atoms with van der Waals surface area (Å²) < 4.78 is 31.6. The average Bonchev–Trinajstić information content (AvgIpc) is 2.67. The molecule has 0 radical (unpaired) electrons. The van der Waals surface area contributed by atoms with Crippen LogP contribution in [0.25, 0.3) is 23.8 Å². The van der Waals surface area contributed by atoms with Crippen molar-refractivity contribution in [3.05, 3.63) is 58.5 Å². The lowest BCUT2D eigenvalue weighted by molar-refractivity contribution is 0.381. The molecular formula is C14H12O4S. The topological polar surface area (TPSA) is 74.6 Å². The number of benzene rings is 2. The Balaban J connectivity index is 0.000000232. The second kappa shape index (κ2) is 4.97. The molecule has 2 aromatic carbocycles. The predicted molar refractivity (Wildman–Crippen MR) is 74.4 cm³/mol. The average molecular weight is 276 g/mol. The summed E-state index contributed by atoms with van der Waals surface area (Å²) in [5.74, 6) is 0. The van der Waals surface area contributed by atoms with E-state index in [4.69, 9.17) is 17.5 Å². The molecule has 2 N–H and O–H groups in total. The van der Waals surface area contributed by atoms with Gasteiger partial charge < -0.3 is 0 Å². The fourth-order valence-corrected chi connectivity index (χ4v) is 2.04. The molecular weight excluding hydrogens is 264 g/mol. The zero-order chi connectivity index (χ0) is 14.0. The fourth-order valence-electron chi connectivity index (χ4n) is 2.04. The summed E-state index contributed by atoms with van der Waals surface area (Å²) >= 11 is 0. The van der Waals surface area contributed by atoms with Crippen LogP contribution in [0.4, 0.5) is 0 Å². The van der Waals surface area contributed by atoms with Gasteiger partial charge in [0.05, 0.1) is 0 Å². The van der Waals surface area contributed by atoms with Crippen molar-refractivity contribution in [2.75, 3.05) is 0 Å². The monoisotopic (exact) mass is 276 g/mol. The third-order valence-electron chi connectivity index (χ3n) is 2.75. The maximum atomic E-state index is 8.74. The van der Waals surface area contributed by atoms with Crippen LogP contribution in [0.1, 0.15) is 5.56 Å². The van der Waals surface area contributed by atoms with Crippen LogP contribution < -0.4 is 10.4 Å². The standard InChI is InChI=1S/C14H10.H2O4S/c1-10-5-4-8-13-12-7-3-2-6-11(12)9-14(10)13;1-5(2,3)4/h2-9H,1H2;(H2,1,2,3,4). The molecule has 0 amide bonds. The van der Waals surface area contributed by atoms with Crippen molar-refractivity contribution in [2.45, 2.75) is 0 Å². The Kier molecular flexibility index (Phi) is 3.53. The Hall–Kier alpha value is -1.95. The third-order valence-corrected chi connectivity index (χ3v) is 2.75. The van der Waals surface area contributed by atoms with Crippen LogP contribution in [0, 0.1) is 0 Å². The first-order chi connectivity index (χ1) is 8.86. The van der Waals surface area contributed by atoms with E-state index in [1.54, 1.807) is 0 Å². The van der Waals surface area contributed by atoms with Crippen molar-refractivity contribution in [3.63, 3.8) is 0 Å². The second-order valence-corrected chi connectivity index (χ2v) is 4.95. The van der Waals surface area contributed by atoms with E-state index in [2.05, 4.69) is 55.1 Å². The third kappa shape index (κ3) is 3.29. The number of hydrogen-bond donors (Lipinski definition) is 2. The van der Waals surface area contributed by atoms with Crippen LogP contribution in [0.2, 0.25) is 0 Å². The molecule has 19 heavy (non-hydrogen) atoms. The minimum Gasteiger partial charge on any atom is -0.264 e. The molecule has 98 valence electrons. The Morgan fingerprint density at radius 1 is 0.895 bits per heavy atom. The van der Waals surface area contributed by atoms with E-state index < -0.39 is 10.4 Å². The highest BCUT2D eigenvalue weighted by molar-refractivity contribution is 7.79. The molecule has 0 fully saturated rings. The molecule has 0 aromatic heterocycles. The van der Waals surface area contributed by atoms with Gasteiger partial charge in [0, 0.05) is 0 Å². The van der Waals surface area contributed by atoms with Crippen LogP contribution >= 0.6 is 0 Å². The molecule has 0 saturated carbocycles. The fraction of sp³-hybridized carbons (Fsp3) is 0. The minimum atomic E-state index is -4.67. The van der Waals surface area contributed by atoms with Crippen molar-refractivity contribution >= 4 is 23.1 Å². The van der Waals surface area contributed by atoms with Gasteiger partial charge in [0.15, 0.2) is 0 Å². The lowest BCUT2D eigenvalue weighted by Gasteiger charge is -1.99. The summed E-state index contributed by atoms with van der Waals surface area (Å²) in [6.07, 6.45) is 2.22. The first-order valence-electron chi connectivity index (χ1n) is 5.45. The maximum Gasteiger partial charge on any atom is 0.394 e. The normalized spacial score (nSPS) is 11.7. The van der Waals surface area contributed by atoms with Crippen molar-refractivity contribution in [1.82, 2.24) is 0 Å². The van der Waals surface area contributed by atoms with Crippen LogP contribution in [0.5, 0.6) is 0 Å². The highest BCUT2D eigenvalue weighted by atomic mass is 32.3. The van der Waals surface area contributed by atoms with Crippen molar-refractivity contribution in [3.8, 4) is 11.1 Å². The zero-order valence-corrected chi connectivity index (χ0v) is 10.8. The van der Waals surface area contributed by atoms with Gasteiger partial charge in [0.2, 0.25) is 0 Å². The van der Waals surface area contributed by atoms with E-state index in [0.717, 1.165) is 5.22 Å². The minimum absolute atomic E-state index is 1.11. The Morgan fingerprint density at radius 3 is 2.16 bits per heavy atom. The van der Waals surface area contributed by atoms with Crippen LogP contribution in [0.3, 0.4) is 0 Å². The highest BCUT2D eigenvalue weighted by Crippen LogP contribution is 2.24. The van der Waals surface area contributed by atoms with Gasteiger partial charge in [-0.25, -0.2) is 0 Å². The van der Waals surface area contributed by atoms with Gasteiger partial charge in [-0.15, -0.1) is 0 Å². The Bertz CT molecular complexity index is 815. The van der Waals surface area contributed by atoms with Gasteiger partial charge in [0.1, 0.15) is 0 Å². The molecule has 0 spiro atoms. The van der Waals surface area contributed by atoms with Gasteiger partial charge in [-0.05, 0) is 33.2 Å². The molecule has 0 saturated heterocycles. The number of rotatable bonds is 0. The predicted octanol–water partition coefficient (Wildman–Crippen LogP) is 1.25. The first-order valence-corrected chi connectivity index (χ1v) is 6.85. The largest absolute Gasteiger partial charge is 0.394 e. The molecule has 1 aliphatic rings. The lowest BCUT2D eigenvalue weighted by atomic mass is 10.1. The SMILES string of the molecule is C=c1cccc2c1=Cc1ccccc1-2.O=S(=O)(O)O. The van der Waals surface area contributed by atoms with Gasteiger partial charge >= 0.3 is 10.4 Å². The van der Waals surface area contributed by atoms with Crippen LogP contribution in [0.15, 0.2) is 42.5 Å². The Labute approximate surface area is 110 Å². The Morgan fingerprint density at radius 2 is 1.47 bits per heavy atom. The van der Waals surface area contributed by atoms with Crippen molar-refractivity contribution in [1.29, 1.82) is 0 Å². The van der Waals surface area contributed by atoms with Crippen LogP contribution in [-0.2, 0) is 10.4 Å². The molecule has 0 unspecified atom stereocenters. The number of hydrogen-bond acceptors (Lipinski definition) is 2. The van der Waals surface area contributed by atoms with Gasteiger partial charge in [-0.3, -0.25) is 9.11 Å². The van der Waals surface area contributed by atoms with Crippen LogP contribution in [-0.4, -0.2) is 17.5 Å². The summed E-state index contributed by atoms with van der Waals surface area (Å²) in [5.41, 5.74) is 3.94. The first kappa shape index (κ1) is 13.5. The van der Waals surface area contributed by atoms with Crippen molar-refractivity contribution in [2.24, 2.45) is 0 Å². The highest BCUT2D eigenvalue weighted by Gasteiger charge is 2.09. The van der Waals surface area contributed by atoms with E-state index >= 15 is 0 Å². The summed E-state index contributed by atoms with van der Waals surface area (Å²) in [6, 6.07) is 14.7. The second-order valence-electron chi connectivity index (χ2n) is 4.06. The lowest BCUT2D eigenvalue weighted by Crippen LogP contribution is -2.22.